The van der Waals surface area contributed by atoms with Gasteiger partial charge in [-0.15, -0.1) is 0 Å². The molecular formula is C13H17N. The molecule has 0 aromatic carbocycles. The van der Waals surface area contributed by atoms with Crippen LogP contribution in [0.3, 0.4) is 0 Å². The summed E-state index contributed by atoms with van der Waals surface area (Å²) in [6.45, 7) is 2.25. The molecule has 14 heavy (non-hydrogen) atoms. The summed E-state index contributed by atoms with van der Waals surface area (Å²) in [5.74, 6) is 0.581. The highest BCUT2D eigenvalue weighted by atomic mass is 14.6. The monoisotopic (exact) mass is 187 g/mol. The number of allylic oxidation sites excluding steroid dienone is 7. The summed E-state index contributed by atoms with van der Waals surface area (Å²) < 4.78 is 0. The fraction of sp³-hybridized carbons (Fsp3) is 0.385. The van der Waals surface area contributed by atoms with E-state index in [2.05, 4.69) is 37.3 Å². The van der Waals surface area contributed by atoms with Gasteiger partial charge in [0.2, 0.25) is 0 Å². The minimum atomic E-state index is 0.581. The van der Waals surface area contributed by atoms with Crippen LogP contribution in [0.25, 0.3) is 0 Å². The zero-order chi connectivity index (χ0) is 9.97. The van der Waals surface area contributed by atoms with E-state index in [0.29, 0.717) is 5.92 Å². The van der Waals surface area contributed by atoms with Gasteiger partial charge in [-0.1, -0.05) is 31.2 Å². The quantitative estimate of drug-likeness (QED) is 0.670. The summed E-state index contributed by atoms with van der Waals surface area (Å²) in [6.07, 6.45) is 14.2. The van der Waals surface area contributed by atoms with Crippen molar-refractivity contribution in [3.63, 3.8) is 0 Å². The topological polar surface area (TPSA) is 26.0 Å². The largest absolute Gasteiger partial charge is 0.398 e. The maximum atomic E-state index is 6.03. The van der Waals surface area contributed by atoms with Crippen molar-refractivity contribution in [2.24, 2.45) is 11.7 Å². The van der Waals surface area contributed by atoms with Crippen LogP contribution in [0, 0.1) is 5.92 Å². The lowest BCUT2D eigenvalue weighted by molar-refractivity contribution is 0.672. The molecule has 1 atom stereocenters. The molecule has 1 nitrogen and oxygen atoms in total. The zero-order valence-corrected chi connectivity index (χ0v) is 8.66. The Balaban J connectivity index is 2.35. The molecule has 0 aromatic heterocycles. The molecule has 2 rings (SSSR count). The second-order valence-corrected chi connectivity index (χ2v) is 4.07. The first kappa shape index (κ1) is 9.32. The molecule has 2 aliphatic rings. The Labute approximate surface area is 85.7 Å². The van der Waals surface area contributed by atoms with Gasteiger partial charge in [-0.3, -0.25) is 0 Å². The minimum Gasteiger partial charge on any atom is -0.398 e. The smallest absolute Gasteiger partial charge is 0.0348 e. The Morgan fingerprint density at radius 3 is 2.86 bits per heavy atom. The van der Waals surface area contributed by atoms with Crippen LogP contribution >= 0.6 is 0 Å². The highest BCUT2D eigenvalue weighted by molar-refractivity contribution is 5.45. The summed E-state index contributed by atoms with van der Waals surface area (Å²) in [7, 11) is 0. The van der Waals surface area contributed by atoms with Gasteiger partial charge in [-0.05, 0) is 42.4 Å². The molecule has 0 amide bonds. The normalized spacial score (nSPS) is 26.6. The second-order valence-electron chi connectivity index (χ2n) is 4.07. The Kier molecular flexibility index (Phi) is 2.58. The lowest BCUT2D eigenvalue weighted by atomic mass is 9.83. The van der Waals surface area contributed by atoms with Crippen LogP contribution in [0.2, 0.25) is 0 Å². The van der Waals surface area contributed by atoms with Gasteiger partial charge in [0.1, 0.15) is 0 Å². The van der Waals surface area contributed by atoms with Crippen LogP contribution in [-0.4, -0.2) is 0 Å². The van der Waals surface area contributed by atoms with Crippen molar-refractivity contribution in [3.05, 3.63) is 47.2 Å². The van der Waals surface area contributed by atoms with Crippen molar-refractivity contribution in [1.29, 1.82) is 0 Å². The number of hydrogen-bond donors (Lipinski definition) is 1. The van der Waals surface area contributed by atoms with Crippen molar-refractivity contribution in [2.75, 3.05) is 0 Å². The molecule has 0 bridgehead atoms. The number of nitrogens with two attached hydrogens (primary N) is 1. The maximum Gasteiger partial charge on any atom is 0.0348 e. The molecule has 0 fully saturated rings. The van der Waals surface area contributed by atoms with E-state index in [1.807, 2.05) is 0 Å². The fourth-order valence-electron chi connectivity index (χ4n) is 2.22. The number of rotatable bonds is 1. The summed E-state index contributed by atoms with van der Waals surface area (Å²) in [4.78, 5) is 0. The molecule has 0 spiro atoms. The Morgan fingerprint density at radius 2 is 2.21 bits per heavy atom. The van der Waals surface area contributed by atoms with Crippen LogP contribution in [0.5, 0.6) is 0 Å². The summed E-state index contributed by atoms with van der Waals surface area (Å²) in [5, 5.41) is 0. The van der Waals surface area contributed by atoms with Crippen molar-refractivity contribution < 1.29 is 0 Å². The highest BCUT2D eigenvalue weighted by Gasteiger charge is 2.18. The first-order valence-electron chi connectivity index (χ1n) is 5.31. The number of hydrogen-bond acceptors (Lipinski definition) is 1. The van der Waals surface area contributed by atoms with Gasteiger partial charge in [-0.25, -0.2) is 0 Å². The summed E-state index contributed by atoms with van der Waals surface area (Å²) in [5.41, 5.74) is 9.80. The van der Waals surface area contributed by atoms with E-state index in [4.69, 9.17) is 5.73 Å². The van der Waals surface area contributed by atoms with E-state index in [-0.39, 0.29) is 0 Å². The molecule has 0 aromatic rings. The SMILES string of the molecule is CC1CC=CC(N)=C1C1=CC=CCC1. The van der Waals surface area contributed by atoms with Gasteiger partial charge < -0.3 is 5.73 Å². The van der Waals surface area contributed by atoms with Crippen molar-refractivity contribution in [3.8, 4) is 0 Å². The molecule has 0 radical (unpaired) electrons. The molecule has 0 aliphatic heterocycles. The molecular weight excluding hydrogens is 170 g/mol. The summed E-state index contributed by atoms with van der Waals surface area (Å²) >= 11 is 0. The third-order valence-electron chi connectivity index (χ3n) is 2.95. The maximum absolute atomic E-state index is 6.03. The second kappa shape index (κ2) is 3.87. The van der Waals surface area contributed by atoms with Gasteiger partial charge >= 0.3 is 0 Å². The molecule has 1 heteroatoms. The van der Waals surface area contributed by atoms with E-state index in [1.165, 1.54) is 11.1 Å². The van der Waals surface area contributed by atoms with Crippen LogP contribution in [0.15, 0.2) is 47.2 Å². The third-order valence-corrected chi connectivity index (χ3v) is 2.95. The molecule has 2 aliphatic carbocycles. The van der Waals surface area contributed by atoms with E-state index in [9.17, 15) is 0 Å². The Morgan fingerprint density at radius 1 is 1.36 bits per heavy atom. The van der Waals surface area contributed by atoms with Gasteiger partial charge in [0.15, 0.2) is 0 Å². The molecule has 0 saturated heterocycles. The Bertz CT molecular complexity index is 342. The van der Waals surface area contributed by atoms with Crippen LogP contribution in [0.1, 0.15) is 26.2 Å². The first-order valence-corrected chi connectivity index (χ1v) is 5.31. The van der Waals surface area contributed by atoms with Gasteiger partial charge in [-0.2, -0.15) is 0 Å². The lowest BCUT2D eigenvalue weighted by Crippen LogP contribution is -2.13. The molecule has 74 valence electrons. The van der Waals surface area contributed by atoms with Crippen LogP contribution < -0.4 is 5.73 Å². The van der Waals surface area contributed by atoms with Crippen molar-refractivity contribution >= 4 is 0 Å². The Hall–Kier alpha value is -1.24. The highest BCUT2D eigenvalue weighted by Crippen LogP contribution is 2.32. The summed E-state index contributed by atoms with van der Waals surface area (Å²) in [6, 6.07) is 0. The lowest BCUT2D eigenvalue weighted by Gasteiger charge is -2.23. The van der Waals surface area contributed by atoms with Crippen molar-refractivity contribution in [2.45, 2.75) is 26.2 Å². The molecule has 2 N–H and O–H groups in total. The fourth-order valence-corrected chi connectivity index (χ4v) is 2.22. The zero-order valence-electron chi connectivity index (χ0n) is 8.66. The predicted octanol–water partition coefficient (Wildman–Crippen LogP) is 3.07. The van der Waals surface area contributed by atoms with Gasteiger partial charge in [0.05, 0.1) is 0 Å². The minimum absolute atomic E-state index is 0.581. The van der Waals surface area contributed by atoms with E-state index in [1.54, 1.807) is 0 Å². The van der Waals surface area contributed by atoms with Crippen LogP contribution in [-0.2, 0) is 0 Å². The molecule has 0 heterocycles. The molecule has 0 saturated carbocycles. The van der Waals surface area contributed by atoms with Crippen molar-refractivity contribution in [1.82, 2.24) is 0 Å². The van der Waals surface area contributed by atoms with E-state index >= 15 is 0 Å². The van der Waals surface area contributed by atoms with Gasteiger partial charge in [0.25, 0.3) is 0 Å². The average molecular weight is 187 g/mol. The van der Waals surface area contributed by atoms with Gasteiger partial charge in [0, 0.05) is 5.70 Å². The van der Waals surface area contributed by atoms with E-state index < -0.39 is 0 Å². The van der Waals surface area contributed by atoms with Crippen LogP contribution in [0.4, 0.5) is 0 Å². The third kappa shape index (κ3) is 1.67. The first-order chi connectivity index (χ1) is 6.79. The average Bonchev–Trinajstić information content (AvgIpc) is 2.19. The standard InChI is InChI=1S/C13H17N/c1-10-6-5-9-12(14)13(10)11-7-3-2-4-8-11/h2-3,5,7,9-10H,4,6,8,14H2,1H3. The predicted molar refractivity (Wildman–Crippen MR) is 60.6 cm³/mol. The van der Waals surface area contributed by atoms with E-state index in [0.717, 1.165) is 25.0 Å². The molecule has 1 unspecified atom stereocenters.